The average Bonchev–Trinajstić information content (AvgIpc) is 2.92. The molecule has 0 radical (unpaired) electrons. The number of nitrogens with zero attached hydrogens (tertiary/aromatic N) is 1. The van der Waals surface area contributed by atoms with Crippen molar-refractivity contribution in [1.29, 1.82) is 0 Å². The van der Waals surface area contributed by atoms with Gasteiger partial charge in [0.25, 0.3) is 0 Å². The molecule has 0 N–H and O–H groups in total. The second-order valence-electron chi connectivity index (χ2n) is 4.89. The van der Waals surface area contributed by atoms with Gasteiger partial charge in [0.15, 0.2) is 5.78 Å². The Labute approximate surface area is 117 Å². The van der Waals surface area contributed by atoms with Gasteiger partial charge in [-0.25, -0.2) is 0 Å². The summed E-state index contributed by atoms with van der Waals surface area (Å²) in [6, 6.07) is 16.8. The molecule has 3 heteroatoms. The molecule has 0 atom stereocenters. The van der Waals surface area contributed by atoms with Crippen molar-refractivity contribution >= 4 is 17.4 Å². The van der Waals surface area contributed by atoms with Crippen LogP contribution in [0.5, 0.6) is 0 Å². The maximum Gasteiger partial charge on any atom is 0.234 e. The van der Waals surface area contributed by atoms with Crippen LogP contribution in [0.4, 0.5) is 5.69 Å². The normalized spacial score (nSPS) is 13.1. The second-order valence-corrected chi connectivity index (χ2v) is 4.89. The van der Waals surface area contributed by atoms with Crippen LogP contribution in [0, 0.1) is 0 Å². The minimum Gasteiger partial charge on any atom is -0.311 e. The summed E-state index contributed by atoms with van der Waals surface area (Å²) in [5, 5.41) is 0. The van der Waals surface area contributed by atoms with Crippen LogP contribution in [0.15, 0.2) is 54.6 Å². The lowest BCUT2D eigenvalue weighted by atomic mass is 10.1. The summed E-state index contributed by atoms with van der Waals surface area (Å²) < 4.78 is 0. The molecule has 0 aromatic heterocycles. The highest BCUT2D eigenvalue weighted by Gasteiger charge is 2.25. The molecule has 1 aliphatic rings. The van der Waals surface area contributed by atoms with Crippen molar-refractivity contribution in [3.05, 3.63) is 65.7 Å². The predicted molar refractivity (Wildman–Crippen MR) is 77.9 cm³/mol. The minimum atomic E-state index is -0.125. The summed E-state index contributed by atoms with van der Waals surface area (Å²) in [6.45, 7) is 0.667. The van der Waals surface area contributed by atoms with Gasteiger partial charge >= 0.3 is 0 Å². The molecule has 0 bridgehead atoms. The van der Waals surface area contributed by atoms with Gasteiger partial charge < -0.3 is 4.90 Å². The number of rotatable bonds is 3. The van der Waals surface area contributed by atoms with E-state index in [9.17, 15) is 9.59 Å². The van der Waals surface area contributed by atoms with E-state index in [2.05, 4.69) is 0 Å². The first-order valence-electron chi connectivity index (χ1n) is 6.72. The zero-order valence-corrected chi connectivity index (χ0v) is 11.1. The van der Waals surface area contributed by atoms with E-state index < -0.39 is 0 Å². The number of hydrogen-bond acceptors (Lipinski definition) is 2. The third-order valence-corrected chi connectivity index (χ3v) is 3.60. The number of carbonyl (C=O) groups excluding carboxylic acids is 2. The fourth-order valence-electron chi connectivity index (χ4n) is 2.56. The molecule has 1 aliphatic heterocycles. The van der Waals surface area contributed by atoms with Gasteiger partial charge in [-0.3, -0.25) is 9.59 Å². The number of para-hydroxylation sites is 1. The molecule has 1 amide bonds. The summed E-state index contributed by atoms with van der Waals surface area (Å²) in [5.41, 5.74) is 2.71. The van der Waals surface area contributed by atoms with Gasteiger partial charge in [-0.05, 0) is 18.1 Å². The number of benzene rings is 2. The van der Waals surface area contributed by atoms with Crippen LogP contribution in [-0.4, -0.2) is 18.2 Å². The van der Waals surface area contributed by atoms with Crippen LogP contribution >= 0.6 is 0 Å². The Hall–Kier alpha value is -2.42. The molecule has 3 nitrogen and oxygen atoms in total. The largest absolute Gasteiger partial charge is 0.311 e. The highest BCUT2D eigenvalue weighted by Crippen LogP contribution is 2.28. The Kier molecular flexibility index (Phi) is 3.33. The molecular formula is C17H15NO2. The van der Waals surface area contributed by atoms with E-state index in [1.54, 1.807) is 17.0 Å². The van der Waals surface area contributed by atoms with Crippen molar-refractivity contribution in [3.8, 4) is 0 Å². The molecule has 2 aromatic rings. The molecular weight excluding hydrogens is 250 g/mol. The lowest BCUT2D eigenvalue weighted by molar-refractivity contribution is -0.117. The summed E-state index contributed by atoms with van der Waals surface area (Å²) >= 11 is 0. The number of hydrogen-bond donors (Lipinski definition) is 0. The standard InChI is InChI=1S/C17H15NO2/c19-16(14-7-2-1-3-8-14)12-17(20)18-11-10-13-6-4-5-9-15(13)18/h1-9H,10-12H2. The Morgan fingerprint density at radius 3 is 2.45 bits per heavy atom. The van der Waals surface area contributed by atoms with Crippen LogP contribution in [0.2, 0.25) is 0 Å². The van der Waals surface area contributed by atoms with E-state index in [4.69, 9.17) is 0 Å². The summed E-state index contributed by atoms with van der Waals surface area (Å²) in [4.78, 5) is 26.1. The quantitative estimate of drug-likeness (QED) is 0.632. The number of carbonyl (C=O) groups is 2. The van der Waals surface area contributed by atoms with Crippen LogP contribution in [-0.2, 0) is 11.2 Å². The smallest absolute Gasteiger partial charge is 0.234 e. The Morgan fingerprint density at radius 1 is 0.950 bits per heavy atom. The third-order valence-electron chi connectivity index (χ3n) is 3.60. The lowest BCUT2D eigenvalue weighted by Gasteiger charge is -2.16. The van der Waals surface area contributed by atoms with Crippen molar-refractivity contribution in [2.24, 2.45) is 0 Å². The fourth-order valence-corrected chi connectivity index (χ4v) is 2.56. The minimum absolute atomic E-state index is 0.0711. The van der Waals surface area contributed by atoms with E-state index in [1.807, 2.05) is 42.5 Å². The molecule has 2 aromatic carbocycles. The molecule has 0 spiro atoms. The monoisotopic (exact) mass is 265 g/mol. The van der Waals surface area contributed by atoms with E-state index in [0.29, 0.717) is 12.1 Å². The van der Waals surface area contributed by atoms with Crippen LogP contribution in [0.25, 0.3) is 0 Å². The molecule has 1 heterocycles. The first-order valence-corrected chi connectivity index (χ1v) is 6.72. The van der Waals surface area contributed by atoms with Gasteiger partial charge in [-0.15, -0.1) is 0 Å². The molecule has 0 fully saturated rings. The van der Waals surface area contributed by atoms with E-state index >= 15 is 0 Å². The first-order chi connectivity index (χ1) is 9.75. The molecule has 0 unspecified atom stereocenters. The Bertz CT molecular complexity index is 649. The summed E-state index contributed by atoms with van der Waals surface area (Å²) in [6.07, 6.45) is 0.791. The third kappa shape index (κ3) is 2.35. The summed E-state index contributed by atoms with van der Waals surface area (Å²) in [7, 11) is 0. The molecule has 0 saturated heterocycles. The highest BCUT2D eigenvalue weighted by atomic mass is 16.2. The number of amides is 1. The van der Waals surface area contributed by atoms with Crippen LogP contribution < -0.4 is 4.90 Å². The molecule has 0 saturated carbocycles. The molecule has 100 valence electrons. The van der Waals surface area contributed by atoms with Gasteiger partial charge in [0.1, 0.15) is 0 Å². The first kappa shape index (κ1) is 12.6. The Balaban J connectivity index is 1.74. The van der Waals surface area contributed by atoms with E-state index in [-0.39, 0.29) is 18.1 Å². The van der Waals surface area contributed by atoms with Gasteiger partial charge in [-0.1, -0.05) is 48.5 Å². The van der Waals surface area contributed by atoms with Crippen molar-refractivity contribution < 1.29 is 9.59 Å². The van der Waals surface area contributed by atoms with Crippen molar-refractivity contribution in [1.82, 2.24) is 0 Å². The fraction of sp³-hybridized carbons (Fsp3) is 0.176. The summed E-state index contributed by atoms with van der Waals surface area (Å²) in [5.74, 6) is -0.246. The second kappa shape index (κ2) is 5.29. The average molecular weight is 265 g/mol. The SMILES string of the molecule is O=C(CC(=O)N1CCc2ccccc21)c1ccccc1. The zero-order chi connectivity index (χ0) is 13.9. The van der Waals surface area contributed by atoms with Gasteiger partial charge in [0.2, 0.25) is 5.91 Å². The van der Waals surface area contributed by atoms with Gasteiger partial charge in [0, 0.05) is 17.8 Å². The maximum absolute atomic E-state index is 12.3. The van der Waals surface area contributed by atoms with Crippen molar-refractivity contribution in [3.63, 3.8) is 0 Å². The van der Waals surface area contributed by atoms with Gasteiger partial charge in [0.05, 0.1) is 6.42 Å². The van der Waals surface area contributed by atoms with E-state index in [0.717, 1.165) is 12.1 Å². The molecule has 3 rings (SSSR count). The van der Waals surface area contributed by atoms with Crippen molar-refractivity contribution in [2.45, 2.75) is 12.8 Å². The van der Waals surface area contributed by atoms with Crippen LogP contribution in [0.3, 0.4) is 0 Å². The number of anilines is 1. The lowest BCUT2D eigenvalue weighted by Crippen LogP contribution is -2.30. The topological polar surface area (TPSA) is 37.4 Å². The van der Waals surface area contributed by atoms with Gasteiger partial charge in [-0.2, -0.15) is 0 Å². The molecule has 20 heavy (non-hydrogen) atoms. The predicted octanol–water partition coefficient (Wildman–Crippen LogP) is 2.85. The van der Waals surface area contributed by atoms with Crippen molar-refractivity contribution in [2.75, 3.05) is 11.4 Å². The van der Waals surface area contributed by atoms with E-state index in [1.165, 1.54) is 5.56 Å². The number of Topliss-reactive ketones (excluding diaryl/α,β-unsaturated/α-hetero) is 1. The number of fused-ring (bicyclic) bond motifs is 1. The number of ketones is 1. The zero-order valence-electron chi connectivity index (χ0n) is 11.1. The Morgan fingerprint density at radius 2 is 1.65 bits per heavy atom. The maximum atomic E-state index is 12.3. The van der Waals surface area contributed by atoms with Crippen LogP contribution in [0.1, 0.15) is 22.3 Å². The highest BCUT2D eigenvalue weighted by molar-refractivity contribution is 6.12. The molecule has 0 aliphatic carbocycles.